The van der Waals surface area contributed by atoms with Gasteiger partial charge in [-0.05, 0) is 43.2 Å². The molecular weight excluding hydrogens is 383 g/mol. The number of amides is 1. The summed E-state index contributed by atoms with van der Waals surface area (Å²) < 4.78 is 38.4. The zero-order chi connectivity index (χ0) is 21.3. The number of halogens is 3. The molecule has 0 spiro atoms. The molecule has 1 aromatic carbocycles. The second-order valence-corrected chi connectivity index (χ2v) is 6.34. The summed E-state index contributed by atoms with van der Waals surface area (Å²) >= 11 is 0. The maximum absolute atomic E-state index is 12.8. The van der Waals surface area contributed by atoms with E-state index in [1.54, 1.807) is 18.3 Å². The Morgan fingerprint density at radius 1 is 1.17 bits per heavy atom. The van der Waals surface area contributed by atoms with Crippen LogP contribution in [0.5, 0.6) is 0 Å². The van der Waals surface area contributed by atoms with Gasteiger partial charge in [-0.15, -0.1) is 0 Å². The normalized spacial score (nSPS) is 11.8. The highest BCUT2D eigenvalue weighted by molar-refractivity contribution is 5.90. The highest BCUT2D eigenvalue weighted by atomic mass is 19.4. The van der Waals surface area contributed by atoms with Gasteiger partial charge in [-0.3, -0.25) is 4.79 Å². The molecule has 2 aromatic rings. The average molecular weight is 407 g/mol. The lowest BCUT2D eigenvalue weighted by molar-refractivity contribution is -0.137. The van der Waals surface area contributed by atoms with Gasteiger partial charge >= 0.3 is 6.18 Å². The number of rotatable bonds is 7. The van der Waals surface area contributed by atoms with E-state index in [4.69, 9.17) is 0 Å². The lowest BCUT2D eigenvalue weighted by Crippen LogP contribution is -2.38. The van der Waals surface area contributed by atoms with Crippen LogP contribution in [0.4, 0.5) is 19.0 Å². The molecule has 156 valence electrons. The third-order valence-corrected chi connectivity index (χ3v) is 3.84. The van der Waals surface area contributed by atoms with Crippen LogP contribution >= 0.6 is 0 Å². The largest absolute Gasteiger partial charge is 0.416 e. The number of pyridine rings is 1. The Bertz CT molecular complexity index is 835. The third kappa shape index (κ3) is 7.81. The van der Waals surface area contributed by atoms with Crippen LogP contribution in [0.2, 0.25) is 0 Å². The number of aliphatic imine (C=N–C) groups is 1. The summed E-state index contributed by atoms with van der Waals surface area (Å²) in [4.78, 5) is 20.4. The summed E-state index contributed by atoms with van der Waals surface area (Å²) in [5, 5.41) is 8.69. The number of nitrogens with one attached hydrogen (secondary N) is 3. The maximum atomic E-state index is 12.8. The standard InChI is InChI=1S/C20H24F3N5O/c1-3-24-19(27-13-15-5-4-6-16(11-15)20(21,22)23)25-10-9-18(29)28-17-8-7-14(2)12-26-17/h4-8,11-12H,3,9-10,13H2,1-2H3,(H2,24,25,27)(H,26,28,29). The summed E-state index contributed by atoms with van der Waals surface area (Å²) in [7, 11) is 0. The zero-order valence-corrected chi connectivity index (χ0v) is 16.3. The van der Waals surface area contributed by atoms with Gasteiger partial charge in [0.15, 0.2) is 5.96 Å². The third-order valence-electron chi connectivity index (χ3n) is 3.84. The molecule has 0 unspecified atom stereocenters. The van der Waals surface area contributed by atoms with Crippen LogP contribution in [0.25, 0.3) is 0 Å². The van der Waals surface area contributed by atoms with Crippen LogP contribution in [0.3, 0.4) is 0 Å². The molecule has 1 heterocycles. The van der Waals surface area contributed by atoms with Crippen LogP contribution in [-0.2, 0) is 17.5 Å². The summed E-state index contributed by atoms with van der Waals surface area (Å²) in [6.45, 7) is 4.75. The molecule has 0 aliphatic heterocycles. The smallest absolute Gasteiger partial charge is 0.357 e. The number of hydrogen-bond donors (Lipinski definition) is 3. The minimum absolute atomic E-state index is 0.0821. The topological polar surface area (TPSA) is 78.4 Å². The Kier molecular flexibility index (Phi) is 7.99. The van der Waals surface area contributed by atoms with Crippen LogP contribution < -0.4 is 16.0 Å². The number of hydrogen-bond acceptors (Lipinski definition) is 3. The monoisotopic (exact) mass is 407 g/mol. The van der Waals surface area contributed by atoms with Crippen molar-refractivity contribution in [1.82, 2.24) is 15.6 Å². The van der Waals surface area contributed by atoms with Crippen molar-refractivity contribution >= 4 is 17.7 Å². The van der Waals surface area contributed by atoms with Crippen molar-refractivity contribution in [3.8, 4) is 0 Å². The van der Waals surface area contributed by atoms with E-state index in [0.717, 1.165) is 17.7 Å². The van der Waals surface area contributed by atoms with E-state index >= 15 is 0 Å². The van der Waals surface area contributed by atoms with Gasteiger partial charge in [0.1, 0.15) is 5.82 Å². The molecule has 0 aliphatic carbocycles. The van der Waals surface area contributed by atoms with E-state index in [-0.39, 0.29) is 18.9 Å². The van der Waals surface area contributed by atoms with Gasteiger partial charge in [-0.1, -0.05) is 18.2 Å². The fourth-order valence-electron chi connectivity index (χ4n) is 2.40. The predicted molar refractivity (Wildman–Crippen MR) is 106 cm³/mol. The van der Waals surface area contributed by atoms with Gasteiger partial charge < -0.3 is 16.0 Å². The van der Waals surface area contributed by atoms with Crippen molar-refractivity contribution < 1.29 is 18.0 Å². The first kappa shape index (κ1) is 22.2. The fourth-order valence-corrected chi connectivity index (χ4v) is 2.40. The number of aryl methyl sites for hydroxylation is 1. The summed E-state index contributed by atoms with van der Waals surface area (Å²) in [5.74, 6) is 0.694. The molecule has 29 heavy (non-hydrogen) atoms. The van der Waals surface area contributed by atoms with Crippen LogP contribution in [-0.4, -0.2) is 29.9 Å². The van der Waals surface area contributed by atoms with Crippen LogP contribution in [0.1, 0.15) is 30.0 Å². The van der Waals surface area contributed by atoms with E-state index in [9.17, 15) is 18.0 Å². The van der Waals surface area contributed by atoms with Gasteiger partial charge in [0.2, 0.25) is 5.91 Å². The number of guanidine groups is 1. The number of nitrogens with zero attached hydrogens (tertiary/aromatic N) is 2. The summed E-state index contributed by atoms with van der Waals surface area (Å²) in [6.07, 6.45) is -2.54. The van der Waals surface area contributed by atoms with E-state index < -0.39 is 11.7 Å². The van der Waals surface area contributed by atoms with Gasteiger partial charge in [0.25, 0.3) is 0 Å². The van der Waals surface area contributed by atoms with E-state index in [0.29, 0.717) is 30.4 Å². The lowest BCUT2D eigenvalue weighted by Gasteiger charge is -2.12. The maximum Gasteiger partial charge on any atom is 0.416 e. The lowest BCUT2D eigenvalue weighted by atomic mass is 10.1. The van der Waals surface area contributed by atoms with Crippen molar-refractivity contribution in [3.05, 3.63) is 59.3 Å². The summed E-state index contributed by atoms with van der Waals surface area (Å²) in [5.41, 5.74) is 0.738. The molecule has 3 N–H and O–H groups in total. The van der Waals surface area contributed by atoms with E-state index in [2.05, 4.69) is 25.9 Å². The molecule has 0 fully saturated rings. The Balaban J connectivity index is 1.87. The van der Waals surface area contributed by atoms with Gasteiger partial charge in [-0.25, -0.2) is 9.98 Å². The number of carbonyl (C=O) groups excluding carboxylic acids is 1. The zero-order valence-electron chi connectivity index (χ0n) is 16.3. The first-order valence-electron chi connectivity index (χ1n) is 9.18. The molecule has 0 radical (unpaired) electrons. The number of carbonyl (C=O) groups is 1. The quantitative estimate of drug-likeness (QED) is 0.485. The SMILES string of the molecule is CCNC(=NCc1cccc(C(F)(F)F)c1)NCCC(=O)Nc1ccc(C)cn1. The number of aromatic nitrogens is 1. The average Bonchev–Trinajstić information content (AvgIpc) is 2.67. The molecule has 9 heteroatoms. The predicted octanol–water partition coefficient (Wildman–Crippen LogP) is 3.49. The van der Waals surface area contributed by atoms with Gasteiger partial charge in [0, 0.05) is 25.7 Å². The van der Waals surface area contributed by atoms with Crippen LogP contribution in [0, 0.1) is 6.92 Å². The van der Waals surface area contributed by atoms with E-state index in [1.165, 1.54) is 6.07 Å². The molecule has 0 saturated carbocycles. The van der Waals surface area contributed by atoms with Gasteiger partial charge in [-0.2, -0.15) is 13.2 Å². The molecule has 0 aliphatic rings. The van der Waals surface area contributed by atoms with Crippen molar-refractivity contribution in [2.24, 2.45) is 4.99 Å². The van der Waals surface area contributed by atoms with Gasteiger partial charge in [0.05, 0.1) is 12.1 Å². The molecule has 0 atom stereocenters. The Labute approximate surface area is 167 Å². The molecule has 1 amide bonds. The molecule has 6 nitrogen and oxygen atoms in total. The molecule has 0 bridgehead atoms. The first-order chi connectivity index (χ1) is 13.8. The second kappa shape index (κ2) is 10.4. The molecule has 0 saturated heterocycles. The Morgan fingerprint density at radius 2 is 1.97 bits per heavy atom. The van der Waals surface area contributed by atoms with Crippen molar-refractivity contribution in [1.29, 1.82) is 0 Å². The van der Waals surface area contributed by atoms with Crippen molar-refractivity contribution in [2.45, 2.75) is 33.0 Å². The fraction of sp³-hybridized carbons (Fsp3) is 0.350. The van der Waals surface area contributed by atoms with Crippen molar-refractivity contribution in [2.75, 3.05) is 18.4 Å². The highest BCUT2D eigenvalue weighted by Gasteiger charge is 2.30. The minimum Gasteiger partial charge on any atom is -0.357 e. The Hall–Kier alpha value is -3.10. The second-order valence-electron chi connectivity index (χ2n) is 6.34. The first-order valence-corrected chi connectivity index (χ1v) is 9.18. The Morgan fingerprint density at radius 3 is 2.62 bits per heavy atom. The molecule has 1 aromatic heterocycles. The van der Waals surface area contributed by atoms with Crippen molar-refractivity contribution in [3.63, 3.8) is 0 Å². The number of benzene rings is 1. The number of alkyl halides is 3. The highest BCUT2D eigenvalue weighted by Crippen LogP contribution is 2.29. The summed E-state index contributed by atoms with van der Waals surface area (Å²) in [6, 6.07) is 8.63. The molecular formula is C20H24F3N5O. The minimum atomic E-state index is -4.39. The molecule has 2 rings (SSSR count). The number of anilines is 1. The van der Waals surface area contributed by atoms with E-state index in [1.807, 2.05) is 19.9 Å². The van der Waals surface area contributed by atoms with Crippen LogP contribution in [0.15, 0.2) is 47.6 Å².